The Morgan fingerprint density at radius 2 is 1.13 bits per heavy atom. The molecule has 2 amide bonds. The number of benzene rings is 4. The van der Waals surface area contributed by atoms with Gasteiger partial charge in [0.05, 0.1) is 46.3 Å². The maximum absolute atomic E-state index is 13.6. The molecule has 4 aliphatic rings. The van der Waals surface area contributed by atoms with Crippen molar-refractivity contribution in [3.05, 3.63) is 146 Å². The van der Waals surface area contributed by atoms with Crippen LogP contribution in [-0.2, 0) is 6.42 Å². The number of nitrogens with zero attached hydrogens (tertiary/aromatic N) is 5. The predicted molar refractivity (Wildman–Crippen MR) is 288 cm³/mol. The molecule has 13 heteroatoms. The Morgan fingerprint density at radius 3 is 1.51 bits per heavy atom. The molecule has 3 heterocycles. The lowest BCUT2D eigenvalue weighted by molar-refractivity contribution is 0.0704. The van der Waals surface area contributed by atoms with Gasteiger partial charge in [0.2, 0.25) is 0 Å². The summed E-state index contributed by atoms with van der Waals surface area (Å²) >= 11 is 3.31. The fourth-order valence-corrected chi connectivity index (χ4v) is 10.4. The number of carbonyl (C=O) groups excluding carboxylic acids is 3. The first-order valence-corrected chi connectivity index (χ1v) is 26.3. The first kappa shape index (κ1) is 54.3. The third kappa shape index (κ3) is 13.1. The zero-order valence-electron chi connectivity index (χ0n) is 41.7. The SMILES string of the molecule is CCC(=N)N.CCc1ncc(-c2cc(C(=O)N3CCC(c4ccc(C#N)cc4)CC3)c(C)cc2C2CCC2)[nH]1.Cc1cc(C2CCC2)c(C(=O)CBr)cc1C(=O)N1CCC(c2ccc(C#N)cc2)CC1.Cl. The quantitative estimate of drug-likeness (QED) is 0.0509. The molecule has 5 aromatic rings. The Kier molecular flexibility index (Phi) is 19.4. The van der Waals surface area contributed by atoms with Gasteiger partial charge in [-0.2, -0.15) is 10.5 Å². The second-order valence-corrected chi connectivity index (χ2v) is 20.0. The molecule has 9 rings (SSSR count). The molecule has 1 aromatic heterocycles. The fourth-order valence-electron chi connectivity index (χ4n) is 10.1. The van der Waals surface area contributed by atoms with E-state index in [2.05, 4.69) is 82.2 Å². The molecule has 0 atom stereocenters. The minimum absolute atomic E-state index is 0. The Labute approximate surface area is 434 Å². The number of hydrogen-bond donors (Lipinski definition) is 3. The van der Waals surface area contributed by atoms with Gasteiger partial charge in [0.25, 0.3) is 11.8 Å². The molecule has 2 saturated carbocycles. The van der Waals surface area contributed by atoms with Crippen molar-refractivity contribution in [3.8, 4) is 23.4 Å². The molecule has 2 saturated heterocycles. The number of amidine groups is 1. The Morgan fingerprint density at radius 1 is 0.690 bits per heavy atom. The first-order valence-electron chi connectivity index (χ1n) is 25.2. The largest absolute Gasteiger partial charge is 0.388 e. The third-order valence-electron chi connectivity index (χ3n) is 15.0. The minimum atomic E-state index is 0. The van der Waals surface area contributed by atoms with E-state index in [9.17, 15) is 14.4 Å². The van der Waals surface area contributed by atoms with Crippen LogP contribution >= 0.6 is 28.3 Å². The van der Waals surface area contributed by atoms with Crippen LogP contribution in [0.5, 0.6) is 0 Å². The zero-order valence-corrected chi connectivity index (χ0v) is 44.1. The molecule has 0 unspecified atom stereocenters. The summed E-state index contributed by atoms with van der Waals surface area (Å²) in [7, 11) is 0. The number of H-pyrrole nitrogens is 1. The summed E-state index contributed by atoms with van der Waals surface area (Å²) in [5, 5.41) is 24.8. The summed E-state index contributed by atoms with van der Waals surface area (Å²) in [6, 6.07) is 28.3. The van der Waals surface area contributed by atoms with E-state index in [4.69, 9.17) is 21.7 Å². The van der Waals surface area contributed by atoms with Crippen molar-refractivity contribution in [2.24, 2.45) is 5.73 Å². The number of Topliss-reactive ketones (excluding diaryl/α,β-unsaturated/α-hetero) is 1. The van der Waals surface area contributed by atoms with E-state index < -0.39 is 0 Å². The highest BCUT2D eigenvalue weighted by Gasteiger charge is 2.31. The van der Waals surface area contributed by atoms with E-state index in [1.54, 1.807) is 0 Å². The molecular formula is C58H68BrClN8O3. The van der Waals surface area contributed by atoms with Crippen LogP contribution in [0.15, 0.2) is 79.0 Å². The van der Waals surface area contributed by atoms with E-state index in [0.29, 0.717) is 65.4 Å². The van der Waals surface area contributed by atoms with Gasteiger partial charge in [0, 0.05) is 61.3 Å². The van der Waals surface area contributed by atoms with Gasteiger partial charge in [-0.15, -0.1) is 12.4 Å². The second kappa shape index (κ2) is 25.3. The van der Waals surface area contributed by atoms with Gasteiger partial charge in [-0.05, 0) is 159 Å². The fraction of sp³-hybridized carbons (Fsp3) is 0.431. The standard InChI is InChI=1S/C29H32N4O.C26H27BrN2O2.C3H8N2.ClH/c1-3-28-31-18-27(32-28)26-16-24(19(2)15-25(26)23-5-4-6-23)29(34)33-13-11-22(12-14-33)21-9-7-20(17-30)8-10-21;1-17-13-23(21-3-2-4-21)24(25(30)15-27)14-22(17)26(31)29-11-9-20(10-12-29)19-7-5-18(16-28)6-8-19;1-2-3(4)5;/h7-10,15-16,18,22-23H,3-6,11-14H2,1-2H3,(H,31,32);5-8,13-14,20-21H,2-4,9-12,15H2,1H3;2H2,1H3,(H3,4,5);1H. The molecule has 0 bridgehead atoms. The van der Waals surface area contributed by atoms with Crippen molar-refractivity contribution < 1.29 is 14.4 Å². The highest BCUT2D eigenvalue weighted by atomic mass is 79.9. The molecule has 0 radical (unpaired) electrons. The number of carbonyl (C=O) groups is 3. The molecule has 372 valence electrons. The number of ketones is 1. The summed E-state index contributed by atoms with van der Waals surface area (Å²) in [6.45, 7) is 10.9. The lowest BCUT2D eigenvalue weighted by Gasteiger charge is -2.33. The van der Waals surface area contributed by atoms with Crippen molar-refractivity contribution in [2.45, 2.75) is 128 Å². The first-order chi connectivity index (χ1) is 33.8. The second-order valence-electron chi connectivity index (χ2n) is 19.4. The number of imidazole rings is 1. The van der Waals surface area contributed by atoms with Crippen LogP contribution in [0.2, 0.25) is 0 Å². The number of piperidine rings is 2. The van der Waals surface area contributed by atoms with E-state index in [-0.39, 0.29) is 41.2 Å². The lowest BCUT2D eigenvalue weighted by atomic mass is 9.76. The number of hydrogen-bond acceptors (Lipinski definition) is 7. The van der Waals surface area contributed by atoms with Crippen molar-refractivity contribution in [1.82, 2.24) is 19.8 Å². The smallest absolute Gasteiger partial charge is 0.254 e. The lowest BCUT2D eigenvalue weighted by Crippen LogP contribution is -2.38. The molecule has 4 N–H and O–H groups in total. The van der Waals surface area contributed by atoms with E-state index >= 15 is 0 Å². The van der Waals surface area contributed by atoms with E-state index in [0.717, 1.165) is 97.4 Å². The van der Waals surface area contributed by atoms with Gasteiger partial charge in [-0.1, -0.05) is 79.0 Å². The summed E-state index contributed by atoms with van der Waals surface area (Å²) in [6.07, 6.45) is 14.3. The summed E-state index contributed by atoms with van der Waals surface area (Å²) in [5.41, 5.74) is 17.6. The Balaban J connectivity index is 0.000000210. The summed E-state index contributed by atoms with van der Waals surface area (Å²) in [5.74, 6) is 3.31. The number of nitriles is 2. The van der Waals surface area contributed by atoms with Crippen LogP contribution in [0, 0.1) is 41.9 Å². The number of halogens is 2. The average molecular weight is 1040 g/mol. The third-order valence-corrected chi connectivity index (χ3v) is 15.5. The van der Waals surface area contributed by atoms with E-state index in [1.807, 2.05) is 72.3 Å². The normalized spacial score (nSPS) is 16.0. The minimum Gasteiger partial charge on any atom is -0.388 e. The molecule has 0 spiro atoms. The zero-order chi connectivity index (χ0) is 49.9. The molecule has 11 nitrogen and oxygen atoms in total. The number of nitrogens with two attached hydrogens (primary N) is 1. The molecule has 4 aromatic carbocycles. The van der Waals surface area contributed by atoms with Gasteiger partial charge in [-0.3, -0.25) is 19.8 Å². The molecule has 4 fully saturated rings. The number of amides is 2. The maximum Gasteiger partial charge on any atom is 0.254 e. The van der Waals surface area contributed by atoms with Gasteiger partial charge in [0.15, 0.2) is 5.78 Å². The van der Waals surface area contributed by atoms with Crippen LogP contribution in [0.4, 0.5) is 0 Å². The van der Waals surface area contributed by atoms with Crippen LogP contribution in [0.3, 0.4) is 0 Å². The summed E-state index contributed by atoms with van der Waals surface area (Å²) < 4.78 is 0. The number of nitrogens with one attached hydrogen (secondary N) is 2. The summed E-state index contributed by atoms with van der Waals surface area (Å²) in [4.78, 5) is 51.5. The Bertz CT molecular complexity index is 2750. The average Bonchev–Trinajstić information content (AvgIpc) is 3.85. The van der Waals surface area contributed by atoms with Crippen molar-refractivity contribution in [2.75, 3.05) is 31.5 Å². The van der Waals surface area contributed by atoms with Crippen LogP contribution in [0.1, 0.15) is 190 Å². The van der Waals surface area contributed by atoms with Gasteiger partial charge < -0.3 is 20.5 Å². The van der Waals surface area contributed by atoms with Gasteiger partial charge in [0.1, 0.15) is 5.82 Å². The van der Waals surface area contributed by atoms with E-state index in [1.165, 1.54) is 42.4 Å². The number of aromatic nitrogens is 2. The monoisotopic (exact) mass is 1040 g/mol. The highest BCUT2D eigenvalue weighted by Crippen LogP contribution is 2.43. The van der Waals surface area contributed by atoms with Crippen molar-refractivity contribution >= 4 is 51.8 Å². The molecular weight excluding hydrogens is 972 g/mol. The van der Waals surface area contributed by atoms with Crippen LogP contribution < -0.4 is 5.73 Å². The molecule has 2 aliphatic carbocycles. The Hall–Kier alpha value is -6.08. The van der Waals surface area contributed by atoms with Crippen LogP contribution in [0.25, 0.3) is 11.3 Å². The van der Waals surface area contributed by atoms with Crippen molar-refractivity contribution in [3.63, 3.8) is 0 Å². The maximum atomic E-state index is 13.6. The molecule has 2 aliphatic heterocycles. The number of aromatic amines is 1. The highest BCUT2D eigenvalue weighted by molar-refractivity contribution is 9.09. The number of likely N-dealkylation sites (tertiary alicyclic amines) is 2. The predicted octanol–water partition coefficient (Wildman–Crippen LogP) is 12.6. The number of aryl methyl sites for hydroxylation is 3. The number of alkyl halides is 1. The van der Waals surface area contributed by atoms with Gasteiger partial charge in [-0.25, -0.2) is 4.98 Å². The topological polar surface area (TPSA) is 184 Å². The van der Waals surface area contributed by atoms with Gasteiger partial charge >= 0.3 is 0 Å². The molecule has 71 heavy (non-hydrogen) atoms. The van der Waals surface area contributed by atoms with Crippen LogP contribution in [-0.4, -0.2) is 74.7 Å². The van der Waals surface area contributed by atoms with Crippen molar-refractivity contribution in [1.29, 1.82) is 15.9 Å². The number of rotatable bonds is 11.